The molecule has 0 unspecified atom stereocenters. The molecule has 2 N–H and O–H groups in total. The molecule has 0 fully saturated rings. The summed E-state index contributed by atoms with van der Waals surface area (Å²) in [6, 6.07) is 3.64. The molecule has 1 rings (SSSR count). The van der Waals surface area contributed by atoms with E-state index < -0.39 is 10.9 Å². The second-order valence-corrected chi connectivity index (χ2v) is 2.55. The first-order chi connectivity index (χ1) is 6.02. The number of carbonyl (C=O) groups excluding carboxylic acids is 1. The molecule has 0 amide bonds. The molecule has 15 heavy (non-hydrogen) atoms. The third-order valence-electron chi connectivity index (χ3n) is 1.64. The molecule has 0 heterocycles. The first-order valence-electron chi connectivity index (χ1n) is 3.49. The van der Waals surface area contributed by atoms with E-state index in [4.69, 9.17) is 0 Å². The van der Waals surface area contributed by atoms with Gasteiger partial charge in [-0.15, -0.1) is 0 Å². The molecular formula is C8H8NNaO5. The second kappa shape index (κ2) is 6.52. The van der Waals surface area contributed by atoms with Crippen molar-refractivity contribution in [2.24, 2.45) is 0 Å². The molecule has 0 bridgehead atoms. The number of hydrogen-bond acceptors (Lipinski definition) is 4. The van der Waals surface area contributed by atoms with Gasteiger partial charge in [0, 0.05) is 17.2 Å². The molecule has 0 aliphatic rings. The van der Waals surface area contributed by atoms with Crippen molar-refractivity contribution in [2.75, 3.05) is 0 Å². The number of nitro benzene ring substituents is 1. The molecule has 6 nitrogen and oxygen atoms in total. The zero-order valence-corrected chi connectivity index (χ0v) is 10.3. The monoisotopic (exact) mass is 221 g/mol. The number of rotatable bonds is 2. The van der Waals surface area contributed by atoms with Crippen LogP contribution in [0.5, 0.6) is 0 Å². The molecule has 0 spiro atoms. The molecule has 0 aliphatic carbocycles. The van der Waals surface area contributed by atoms with Gasteiger partial charge in [0.25, 0.3) is 5.69 Å². The fourth-order valence-corrected chi connectivity index (χ4v) is 0.933. The van der Waals surface area contributed by atoms with Gasteiger partial charge in [-0.25, -0.2) is 0 Å². The minimum Gasteiger partial charge on any atom is -0.545 e. The third kappa shape index (κ3) is 3.96. The summed E-state index contributed by atoms with van der Waals surface area (Å²) in [5.41, 5.74) is 0.0361. The Labute approximate surface area is 108 Å². The van der Waals surface area contributed by atoms with Crippen LogP contribution in [-0.2, 0) is 0 Å². The normalized spacial score (nSPS) is 8.33. The van der Waals surface area contributed by atoms with Crippen molar-refractivity contribution < 1.29 is 49.9 Å². The van der Waals surface area contributed by atoms with Crippen LogP contribution in [0.1, 0.15) is 15.9 Å². The van der Waals surface area contributed by atoms with Crippen LogP contribution in [-0.4, -0.2) is 16.4 Å². The number of aryl methyl sites for hydroxylation is 1. The summed E-state index contributed by atoms with van der Waals surface area (Å²) in [5.74, 6) is -1.41. The van der Waals surface area contributed by atoms with Gasteiger partial charge in [0.2, 0.25) is 0 Å². The van der Waals surface area contributed by atoms with E-state index in [0.29, 0.717) is 5.56 Å². The van der Waals surface area contributed by atoms with Crippen molar-refractivity contribution in [3.05, 3.63) is 39.4 Å². The van der Waals surface area contributed by atoms with Gasteiger partial charge in [-0.05, 0) is 6.92 Å². The van der Waals surface area contributed by atoms with Gasteiger partial charge in [-0.3, -0.25) is 10.1 Å². The topological polar surface area (TPSA) is 115 Å². The van der Waals surface area contributed by atoms with Crippen LogP contribution in [0.15, 0.2) is 18.2 Å². The van der Waals surface area contributed by atoms with Crippen LogP contribution in [0, 0.1) is 17.0 Å². The Morgan fingerprint density at radius 3 is 2.33 bits per heavy atom. The average molecular weight is 221 g/mol. The van der Waals surface area contributed by atoms with Crippen LogP contribution in [0.2, 0.25) is 0 Å². The molecule has 0 saturated carbocycles. The van der Waals surface area contributed by atoms with Gasteiger partial charge in [0.05, 0.1) is 10.9 Å². The van der Waals surface area contributed by atoms with Crippen LogP contribution in [0.3, 0.4) is 0 Å². The Morgan fingerprint density at radius 2 is 1.93 bits per heavy atom. The summed E-state index contributed by atoms with van der Waals surface area (Å²) in [5, 5.41) is 20.7. The summed E-state index contributed by atoms with van der Waals surface area (Å²) in [7, 11) is 0. The molecule has 1 aromatic carbocycles. The zero-order valence-electron chi connectivity index (χ0n) is 8.31. The van der Waals surface area contributed by atoms with Gasteiger partial charge < -0.3 is 15.4 Å². The zero-order chi connectivity index (χ0) is 10.0. The van der Waals surface area contributed by atoms with Crippen molar-refractivity contribution in [3.63, 3.8) is 0 Å². The maximum absolute atomic E-state index is 10.4. The molecule has 0 saturated heterocycles. The van der Waals surface area contributed by atoms with Gasteiger partial charge >= 0.3 is 29.6 Å². The van der Waals surface area contributed by atoms with E-state index in [9.17, 15) is 20.0 Å². The van der Waals surface area contributed by atoms with E-state index in [1.807, 2.05) is 0 Å². The van der Waals surface area contributed by atoms with Gasteiger partial charge in [0.15, 0.2) is 0 Å². The molecule has 0 aromatic heterocycles. The predicted octanol–water partition coefficient (Wildman–Crippen LogP) is -3.55. The molecule has 0 radical (unpaired) electrons. The van der Waals surface area contributed by atoms with Gasteiger partial charge in [-0.1, -0.05) is 12.1 Å². The van der Waals surface area contributed by atoms with Gasteiger partial charge in [-0.2, -0.15) is 0 Å². The van der Waals surface area contributed by atoms with E-state index in [2.05, 4.69) is 0 Å². The molecule has 7 heteroatoms. The number of carboxylic acids is 1. The van der Waals surface area contributed by atoms with Crippen LogP contribution >= 0.6 is 0 Å². The van der Waals surface area contributed by atoms with Crippen molar-refractivity contribution in [3.8, 4) is 0 Å². The first kappa shape index (κ1) is 16.5. The van der Waals surface area contributed by atoms with E-state index in [1.165, 1.54) is 19.1 Å². The number of aromatic carboxylic acids is 1. The number of nitro groups is 1. The molecular weight excluding hydrogens is 213 g/mol. The average Bonchev–Trinajstić information content (AvgIpc) is 2.04. The summed E-state index contributed by atoms with van der Waals surface area (Å²) < 4.78 is 0. The predicted molar refractivity (Wildman–Crippen MR) is 45.8 cm³/mol. The Kier molecular flexibility index (Phi) is 7.16. The minimum absolute atomic E-state index is 0. The van der Waals surface area contributed by atoms with Crippen molar-refractivity contribution in [1.29, 1.82) is 0 Å². The molecule has 0 atom stereocenters. The minimum atomic E-state index is -1.41. The number of hydrogen-bond donors (Lipinski definition) is 0. The fraction of sp³-hybridized carbons (Fsp3) is 0.125. The summed E-state index contributed by atoms with van der Waals surface area (Å²) in [4.78, 5) is 20.1. The Balaban J connectivity index is 0. The maximum Gasteiger partial charge on any atom is 1.00 e. The van der Waals surface area contributed by atoms with Crippen LogP contribution < -0.4 is 34.7 Å². The molecule has 1 aromatic rings. The fourth-order valence-electron chi connectivity index (χ4n) is 0.933. The summed E-state index contributed by atoms with van der Waals surface area (Å²) in [6.07, 6.45) is 0. The van der Waals surface area contributed by atoms with Gasteiger partial charge in [0.1, 0.15) is 0 Å². The number of carboxylic acid groups (broad SMARTS) is 1. The van der Waals surface area contributed by atoms with Crippen LogP contribution in [0.4, 0.5) is 5.69 Å². The molecule has 76 valence electrons. The first-order valence-corrected chi connectivity index (χ1v) is 3.49. The maximum atomic E-state index is 10.4. The van der Waals surface area contributed by atoms with Crippen molar-refractivity contribution >= 4 is 11.7 Å². The largest absolute Gasteiger partial charge is 1.00 e. The van der Waals surface area contributed by atoms with E-state index in [1.54, 1.807) is 0 Å². The Bertz CT molecular complexity index is 379. The summed E-state index contributed by atoms with van der Waals surface area (Å²) in [6.45, 7) is 1.54. The quantitative estimate of drug-likeness (QED) is 0.292. The van der Waals surface area contributed by atoms with Crippen molar-refractivity contribution in [1.82, 2.24) is 0 Å². The second-order valence-electron chi connectivity index (χ2n) is 2.55. The number of nitrogens with zero attached hydrogens (tertiary/aromatic N) is 1. The molecule has 0 aliphatic heterocycles. The van der Waals surface area contributed by atoms with E-state index in [-0.39, 0.29) is 46.3 Å². The third-order valence-corrected chi connectivity index (χ3v) is 1.64. The van der Waals surface area contributed by atoms with E-state index in [0.717, 1.165) is 6.07 Å². The van der Waals surface area contributed by atoms with Crippen molar-refractivity contribution in [2.45, 2.75) is 6.92 Å². The number of benzene rings is 1. The standard InChI is InChI=1S/C8H7NO4.Na.H2O/c1-5-2-3-6(8(10)11)4-7(5)9(12)13;;/h2-4H,1H3,(H,10,11);;1H2/q;+1;/p-1. The Morgan fingerprint density at radius 1 is 1.40 bits per heavy atom. The smallest absolute Gasteiger partial charge is 0.545 e. The SMILES string of the molecule is Cc1ccc(C(=O)[O-])cc1[N+](=O)[O-].O.[Na+]. The van der Waals surface area contributed by atoms with Crippen LogP contribution in [0.25, 0.3) is 0 Å². The summed E-state index contributed by atoms with van der Waals surface area (Å²) >= 11 is 0. The Hall–Kier alpha value is -0.950. The van der Waals surface area contributed by atoms with E-state index >= 15 is 0 Å². The number of carbonyl (C=O) groups is 1.